The van der Waals surface area contributed by atoms with E-state index in [1.54, 1.807) is 30.0 Å². The number of hydrogen-bond acceptors (Lipinski definition) is 4. The van der Waals surface area contributed by atoms with Gasteiger partial charge in [0.1, 0.15) is 12.4 Å². The zero-order chi connectivity index (χ0) is 24.6. The minimum Gasteiger partial charge on any atom is -0.354 e. The summed E-state index contributed by atoms with van der Waals surface area (Å²) in [7, 11) is -4.08. The van der Waals surface area contributed by atoms with Gasteiger partial charge in [0.05, 0.1) is 15.6 Å². The Hall–Kier alpha value is -2.26. The molecule has 0 saturated heterocycles. The molecule has 180 valence electrons. The van der Waals surface area contributed by atoms with Crippen LogP contribution in [0.4, 0.5) is 10.1 Å². The molecular weight excluding hydrogens is 518 g/mol. The average Bonchev–Trinajstić information content (AvgIpc) is 2.82. The molecule has 0 fully saturated rings. The molecule has 0 atom stereocenters. The van der Waals surface area contributed by atoms with Crippen LogP contribution >= 0.6 is 35.0 Å². The normalized spacial score (nSPS) is 11.3. The summed E-state index contributed by atoms with van der Waals surface area (Å²) >= 11 is 13.6. The molecule has 1 N–H and O–H groups in total. The summed E-state index contributed by atoms with van der Waals surface area (Å²) in [5.41, 5.74) is 1.23. The Balaban J connectivity index is 1.59. The van der Waals surface area contributed by atoms with E-state index in [-0.39, 0.29) is 15.6 Å². The number of carbonyl (C=O) groups is 1. The number of hydrogen-bond donors (Lipinski definition) is 1. The second-order valence-electron chi connectivity index (χ2n) is 7.31. The fourth-order valence-electron chi connectivity index (χ4n) is 3.08. The molecule has 5 nitrogen and oxygen atoms in total. The smallest absolute Gasteiger partial charge is 0.264 e. The van der Waals surface area contributed by atoms with Gasteiger partial charge in [0.15, 0.2) is 0 Å². The molecule has 3 aromatic carbocycles. The number of anilines is 1. The molecular formula is C24H23Cl2FN2O3S2. The van der Waals surface area contributed by atoms with E-state index < -0.39 is 28.3 Å². The van der Waals surface area contributed by atoms with Crippen LogP contribution < -0.4 is 9.62 Å². The number of amides is 1. The molecule has 0 bridgehead atoms. The number of halogens is 3. The lowest BCUT2D eigenvalue weighted by Crippen LogP contribution is -2.41. The molecule has 0 spiro atoms. The summed E-state index contributed by atoms with van der Waals surface area (Å²) in [5.74, 6) is 0.469. The van der Waals surface area contributed by atoms with Gasteiger partial charge in [-0.05, 0) is 60.2 Å². The Labute approximate surface area is 213 Å². The topological polar surface area (TPSA) is 66.5 Å². The highest BCUT2D eigenvalue weighted by Gasteiger charge is 2.27. The van der Waals surface area contributed by atoms with Gasteiger partial charge >= 0.3 is 0 Å². The Kier molecular flexibility index (Phi) is 9.64. The molecule has 10 heteroatoms. The number of benzene rings is 3. The number of carbonyl (C=O) groups excluding carboxylic acids is 1. The first-order chi connectivity index (χ1) is 16.3. The van der Waals surface area contributed by atoms with Crippen LogP contribution in [0.5, 0.6) is 0 Å². The van der Waals surface area contributed by atoms with E-state index in [1.807, 2.05) is 24.3 Å². The Morgan fingerprint density at radius 3 is 2.47 bits per heavy atom. The third-order valence-corrected chi connectivity index (χ3v) is 8.18. The predicted octanol–water partition coefficient (Wildman–Crippen LogP) is 5.77. The largest absolute Gasteiger partial charge is 0.354 e. The van der Waals surface area contributed by atoms with E-state index >= 15 is 0 Å². The average molecular weight is 541 g/mol. The second-order valence-corrected chi connectivity index (χ2v) is 11.1. The van der Waals surface area contributed by atoms with Crippen molar-refractivity contribution in [3.8, 4) is 0 Å². The van der Waals surface area contributed by atoms with Gasteiger partial charge in [0.2, 0.25) is 5.91 Å². The van der Waals surface area contributed by atoms with Crippen LogP contribution in [0.2, 0.25) is 10.0 Å². The van der Waals surface area contributed by atoms with Crippen LogP contribution in [0.15, 0.2) is 77.7 Å². The first-order valence-electron chi connectivity index (χ1n) is 10.4. The van der Waals surface area contributed by atoms with Crippen LogP contribution in [-0.2, 0) is 20.6 Å². The van der Waals surface area contributed by atoms with Gasteiger partial charge in [0.25, 0.3) is 10.0 Å². The minimum absolute atomic E-state index is 0.0145. The molecule has 0 aliphatic carbocycles. The fourth-order valence-corrected chi connectivity index (χ4v) is 5.81. The van der Waals surface area contributed by atoms with Crippen molar-refractivity contribution in [1.29, 1.82) is 0 Å². The van der Waals surface area contributed by atoms with Crippen molar-refractivity contribution >= 4 is 56.6 Å². The SMILES string of the molecule is O=C(CN(c1ccc(F)c(Cl)c1)S(=O)(=O)c1ccccc1)NCCCSCc1cccc(Cl)c1. The van der Waals surface area contributed by atoms with Crippen LogP contribution in [0, 0.1) is 5.82 Å². The van der Waals surface area contributed by atoms with Crippen molar-refractivity contribution < 1.29 is 17.6 Å². The zero-order valence-electron chi connectivity index (χ0n) is 18.1. The van der Waals surface area contributed by atoms with Crippen molar-refractivity contribution in [2.75, 3.05) is 23.1 Å². The number of thioether (sulfide) groups is 1. The second kappa shape index (κ2) is 12.4. The van der Waals surface area contributed by atoms with Gasteiger partial charge in [-0.15, -0.1) is 0 Å². The van der Waals surface area contributed by atoms with Crippen molar-refractivity contribution in [2.45, 2.75) is 17.1 Å². The lowest BCUT2D eigenvalue weighted by molar-refractivity contribution is -0.119. The summed E-state index contributed by atoms with van der Waals surface area (Å²) < 4.78 is 41.0. The Morgan fingerprint density at radius 2 is 1.76 bits per heavy atom. The van der Waals surface area contributed by atoms with Crippen molar-refractivity contribution in [2.24, 2.45) is 0 Å². The number of nitrogens with one attached hydrogen (secondary N) is 1. The first-order valence-corrected chi connectivity index (χ1v) is 13.7. The zero-order valence-corrected chi connectivity index (χ0v) is 21.2. The fraction of sp³-hybridized carbons (Fsp3) is 0.208. The summed E-state index contributed by atoms with van der Waals surface area (Å²) in [4.78, 5) is 12.6. The third-order valence-electron chi connectivity index (χ3n) is 4.75. The molecule has 3 rings (SSSR count). The van der Waals surface area contributed by atoms with Crippen molar-refractivity contribution in [1.82, 2.24) is 5.32 Å². The Bertz CT molecular complexity index is 1230. The number of nitrogens with zero attached hydrogens (tertiary/aromatic N) is 1. The number of sulfonamides is 1. The molecule has 34 heavy (non-hydrogen) atoms. The lowest BCUT2D eigenvalue weighted by Gasteiger charge is -2.24. The van der Waals surface area contributed by atoms with Crippen LogP contribution in [0.1, 0.15) is 12.0 Å². The van der Waals surface area contributed by atoms with E-state index in [4.69, 9.17) is 23.2 Å². The maximum atomic E-state index is 13.7. The molecule has 0 heterocycles. The lowest BCUT2D eigenvalue weighted by atomic mass is 10.2. The van der Waals surface area contributed by atoms with Crippen LogP contribution in [0.3, 0.4) is 0 Å². The summed E-state index contributed by atoms with van der Waals surface area (Å²) in [5, 5.41) is 3.22. The standard InChI is InChI=1S/C24H23Cl2FN2O3S2/c25-19-7-4-6-18(14-19)17-33-13-5-12-28-24(30)16-29(20-10-11-23(27)22(26)15-20)34(31,32)21-8-2-1-3-9-21/h1-4,6-11,14-15H,5,12-13,16-17H2,(H,28,30). The Morgan fingerprint density at radius 1 is 1.00 bits per heavy atom. The van der Waals surface area contributed by atoms with E-state index in [2.05, 4.69) is 5.32 Å². The van der Waals surface area contributed by atoms with E-state index in [0.717, 1.165) is 27.4 Å². The van der Waals surface area contributed by atoms with Crippen LogP contribution in [-0.4, -0.2) is 33.2 Å². The van der Waals surface area contributed by atoms with E-state index in [9.17, 15) is 17.6 Å². The maximum absolute atomic E-state index is 13.7. The molecule has 0 aliphatic rings. The molecule has 3 aromatic rings. The maximum Gasteiger partial charge on any atom is 0.264 e. The molecule has 0 aromatic heterocycles. The molecule has 0 aliphatic heterocycles. The monoisotopic (exact) mass is 540 g/mol. The van der Waals surface area contributed by atoms with Crippen LogP contribution in [0.25, 0.3) is 0 Å². The molecule has 0 saturated carbocycles. The van der Waals surface area contributed by atoms with Crippen molar-refractivity contribution in [3.05, 3.63) is 94.2 Å². The first kappa shape index (κ1) is 26.3. The van der Waals surface area contributed by atoms with Crippen molar-refractivity contribution in [3.63, 3.8) is 0 Å². The highest BCUT2D eigenvalue weighted by molar-refractivity contribution is 7.98. The summed E-state index contributed by atoms with van der Waals surface area (Å²) in [6, 6.07) is 18.9. The molecule has 0 radical (unpaired) electrons. The summed E-state index contributed by atoms with van der Waals surface area (Å²) in [6.07, 6.45) is 0.713. The predicted molar refractivity (Wildman–Crippen MR) is 138 cm³/mol. The van der Waals surface area contributed by atoms with Gasteiger partial charge in [0, 0.05) is 17.3 Å². The molecule has 1 amide bonds. The van der Waals surface area contributed by atoms with E-state index in [0.29, 0.717) is 18.0 Å². The van der Waals surface area contributed by atoms with Gasteiger partial charge in [-0.25, -0.2) is 12.8 Å². The minimum atomic E-state index is -4.08. The van der Waals surface area contributed by atoms with E-state index in [1.165, 1.54) is 24.3 Å². The molecule has 0 unspecified atom stereocenters. The number of rotatable bonds is 11. The highest BCUT2D eigenvalue weighted by atomic mass is 35.5. The van der Waals surface area contributed by atoms with Gasteiger partial charge in [-0.2, -0.15) is 11.8 Å². The summed E-state index contributed by atoms with van der Waals surface area (Å²) in [6.45, 7) is -0.0698. The van der Waals surface area contributed by atoms with Gasteiger partial charge in [-0.1, -0.05) is 53.5 Å². The quantitative estimate of drug-likeness (QED) is 0.313. The van der Waals surface area contributed by atoms with Gasteiger partial charge < -0.3 is 5.32 Å². The highest BCUT2D eigenvalue weighted by Crippen LogP contribution is 2.27. The van der Waals surface area contributed by atoms with Gasteiger partial charge in [-0.3, -0.25) is 9.10 Å². The third kappa shape index (κ3) is 7.37.